The first kappa shape index (κ1) is 12.2. The van der Waals surface area contributed by atoms with Crippen molar-refractivity contribution >= 4 is 5.91 Å². The SMILES string of the molecule is Cc1ccc(CNC(=O)c2cccc(O)c2C)o1. The summed E-state index contributed by atoms with van der Waals surface area (Å²) in [5.74, 6) is 1.42. The van der Waals surface area contributed by atoms with Gasteiger partial charge in [0, 0.05) is 11.1 Å². The normalized spacial score (nSPS) is 10.3. The van der Waals surface area contributed by atoms with Crippen LogP contribution < -0.4 is 5.32 Å². The molecule has 2 rings (SSSR count). The van der Waals surface area contributed by atoms with Gasteiger partial charge in [-0.15, -0.1) is 0 Å². The van der Waals surface area contributed by atoms with E-state index in [4.69, 9.17) is 4.42 Å². The Morgan fingerprint density at radius 1 is 1.28 bits per heavy atom. The third-order valence-corrected chi connectivity index (χ3v) is 2.77. The van der Waals surface area contributed by atoms with E-state index in [1.807, 2.05) is 19.1 Å². The van der Waals surface area contributed by atoms with Gasteiger partial charge in [-0.05, 0) is 38.1 Å². The topological polar surface area (TPSA) is 62.5 Å². The zero-order valence-corrected chi connectivity index (χ0v) is 10.4. The molecule has 2 aromatic rings. The first-order chi connectivity index (χ1) is 8.58. The van der Waals surface area contributed by atoms with Gasteiger partial charge in [0.05, 0.1) is 6.54 Å². The minimum absolute atomic E-state index is 0.122. The van der Waals surface area contributed by atoms with Gasteiger partial charge in [0.1, 0.15) is 17.3 Å². The largest absolute Gasteiger partial charge is 0.508 e. The number of carbonyl (C=O) groups excluding carboxylic acids is 1. The highest BCUT2D eigenvalue weighted by atomic mass is 16.3. The third kappa shape index (κ3) is 2.53. The summed E-state index contributed by atoms with van der Waals surface area (Å²) in [7, 11) is 0. The van der Waals surface area contributed by atoms with Crippen LogP contribution in [0.4, 0.5) is 0 Å². The molecule has 1 heterocycles. The molecule has 0 aliphatic carbocycles. The van der Waals surface area contributed by atoms with Gasteiger partial charge in [0.15, 0.2) is 0 Å². The molecule has 0 saturated heterocycles. The Labute approximate surface area is 105 Å². The summed E-state index contributed by atoms with van der Waals surface area (Å²) in [6.45, 7) is 3.90. The number of phenols is 1. The summed E-state index contributed by atoms with van der Waals surface area (Å²) in [4.78, 5) is 11.9. The summed E-state index contributed by atoms with van der Waals surface area (Å²) in [5, 5.41) is 12.3. The second-order valence-corrected chi connectivity index (χ2v) is 4.14. The van der Waals surface area contributed by atoms with E-state index in [0.29, 0.717) is 23.4 Å². The molecule has 0 bridgehead atoms. The van der Waals surface area contributed by atoms with Crippen LogP contribution >= 0.6 is 0 Å². The Morgan fingerprint density at radius 2 is 2.06 bits per heavy atom. The second kappa shape index (κ2) is 4.96. The van der Waals surface area contributed by atoms with Gasteiger partial charge in [-0.25, -0.2) is 0 Å². The molecule has 0 atom stereocenters. The number of phenolic OH excluding ortho intramolecular Hbond substituents is 1. The lowest BCUT2D eigenvalue weighted by atomic mass is 10.1. The molecule has 0 aliphatic rings. The summed E-state index contributed by atoms with van der Waals surface area (Å²) in [6.07, 6.45) is 0. The van der Waals surface area contributed by atoms with E-state index in [0.717, 1.165) is 5.76 Å². The maximum Gasteiger partial charge on any atom is 0.252 e. The summed E-state index contributed by atoms with van der Waals surface area (Å²) in [6, 6.07) is 8.56. The quantitative estimate of drug-likeness (QED) is 0.873. The fourth-order valence-electron chi connectivity index (χ4n) is 1.71. The molecule has 18 heavy (non-hydrogen) atoms. The van der Waals surface area contributed by atoms with Crippen molar-refractivity contribution in [1.29, 1.82) is 0 Å². The maximum absolute atomic E-state index is 11.9. The lowest BCUT2D eigenvalue weighted by Gasteiger charge is -2.07. The molecule has 0 unspecified atom stereocenters. The van der Waals surface area contributed by atoms with Crippen LogP contribution in [0.3, 0.4) is 0 Å². The molecule has 1 amide bonds. The molecule has 0 radical (unpaired) electrons. The average molecular weight is 245 g/mol. The van der Waals surface area contributed by atoms with Crippen molar-refractivity contribution in [3.8, 4) is 5.75 Å². The van der Waals surface area contributed by atoms with Crippen LogP contribution in [-0.2, 0) is 6.54 Å². The van der Waals surface area contributed by atoms with E-state index in [1.165, 1.54) is 0 Å². The maximum atomic E-state index is 11.9. The Bertz CT molecular complexity index is 572. The highest BCUT2D eigenvalue weighted by Crippen LogP contribution is 2.19. The van der Waals surface area contributed by atoms with Crippen molar-refractivity contribution in [2.45, 2.75) is 20.4 Å². The minimum atomic E-state index is -0.225. The minimum Gasteiger partial charge on any atom is -0.508 e. The standard InChI is InChI=1S/C14H15NO3/c1-9-6-7-11(18-9)8-15-14(17)12-4-3-5-13(16)10(12)2/h3-7,16H,8H2,1-2H3,(H,15,17). The third-order valence-electron chi connectivity index (χ3n) is 2.77. The van der Waals surface area contributed by atoms with Crippen molar-refractivity contribution in [2.24, 2.45) is 0 Å². The number of hydrogen-bond acceptors (Lipinski definition) is 3. The fraction of sp³-hybridized carbons (Fsp3) is 0.214. The Morgan fingerprint density at radius 3 is 2.72 bits per heavy atom. The number of aryl methyl sites for hydroxylation is 1. The second-order valence-electron chi connectivity index (χ2n) is 4.14. The van der Waals surface area contributed by atoms with Crippen molar-refractivity contribution in [2.75, 3.05) is 0 Å². The zero-order valence-electron chi connectivity index (χ0n) is 10.4. The van der Waals surface area contributed by atoms with Crippen molar-refractivity contribution < 1.29 is 14.3 Å². The van der Waals surface area contributed by atoms with E-state index in [2.05, 4.69) is 5.32 Å². The van der Waals surface area contributed by atoms with E-state index in [1.54, 1.807) is 25.1 Å². The zero-order chi connectivity index (χ0) is 13.1. The number of aromatic hydroxyl groups is 1. The van der Waals surface area contributed by atoms with Crippen LogP contribution in [0, 0.1) is 13.8 Å². The Balaban J connectivity index is 2.06. The number of amides is 1. The molecule has 0 spiro atoms. The molecule has 2 N–H and O–H groups in total. The molecular weight excluding hydrogens is 230 g/mol. The van der Waals surface area contributed by atoms with E-state index in [-0.39, 0.29) is 11.7 Å². The number of rotatable bonds is 3. The highest BCUT2D eigenvalue weighted by molar-refractivity contribution is 5.96. The van der Waals surface area contributed by atoms with Crippen LogP contribution in [0.1, 0.15) is 27.4 Å². The predicted octanol–water partition coefficient (Wildman–Crippen LogP) is 2.53. The predicted molar refractivity (Wildman–Crippen MR) is 67.5 cm³/mol. The van der Waals surface area contributed by atoms with Gasteiger partial charge in [-0.2, -0.15) is 0 Å². The molecule has 1 aromatic heterocycles. The van der Waals surface area contributed by atoms with E-state index in [9.17, 15) is 9.90 Å². The van der Waals surface area contributed by atoms with Crippen LogP contribution in [0.15, 0.2) is 34.7 Å². The summed E-state index contributed by atoms with van der Waals surface area (Å²) in [5.41, 5.74) is 1.05. The van der Waals surface area contributed by atoms with Crippen molar-refractivity contribution in [3.05, 3.63) is 53.0 Å². The number of carbonyl (C=O) groups is 1. The van der Waals surface area contributed by atoms with Gasteiger partial charge in [0.2, 0.25) is 0 Å². The van der Waals surface area contributed by atoms with Crippen LogP contribution in [-0.4, -0.2) is 11.0 Å². The van der Waals surface area contributed by atoms with Gasteiger partial charge in [-0.1, -0.05) is 6.07 Å². The first-order valence-corrected chi connectivity index (χ1v) is 5.70. The fourth-order valence-corrected chi connectivity index (χ4v) is 1.71. The smallest absolute Gasteiger partial charge is 0.252 e. The summed E-state index contributed by atoms with van der Waals surface area (Å²) >= 11 is 0. The molecule has 4 nitrogen and oxygen atoms in total. The molecule has 1 aromatic carbocycles. The van der Waals surface area contributed by atoms with Crippen LogP contribution in [0.5, 0.6) is 5.75 Å². The lowest BCUT2D eigenvalue weighted by Crippen LogP contribution is -2.23. The Hall–Kier alpha value is -2.23. The van der Waals surface area contributed by atoms with Crippen LogP contribution in [0.2, 0.25) is 0 Å². The molecule has 0 aliphatic heterocycles. The van der Waals surface area contributed by atoms with Gasteiger partial charge >= 0.3 is 0 Å². The first-order valence-electron chi connectivity index (χ1n) is 5.70. The highest BCUT2D eigenvalue weighted by Gasteiger charge is 2.11. The van der Waals surface area contributed by atoms with Crippen LogP contribution in [0.25, 0.3) is 0 Å². The monoisotopic (exact) mass is 245 g/mol. The summed E-state index contributed by atoms with van der Waals surface area (Å²) < 4.78 is 5.36. The molecule has 94 valence electrons. The van der Waals surface area contributed by atoms with Gasteiger partial charge in [-0.3, -0.25) is 4.79 Å². The molecular formula is C14H15NO3. The van der Waals surface area contributed by atoms with Crippen molar-refractivity contribution in [1.82, 2.24) is 5.32 Å². The number of hydrogen-bond donors (Lipinski definition) is 2. The molecule has 0 fully saturated rings. The number of benzene rings is 1. The number of furan rings is 1. The van der Waals surface area contributed by atoms with E-state index >= 15 is 0 Å². The number of nitrogens with one attached hydrogen (secondary N) is 1. The van der Waals surface area contributed by atoms with Gasteiger partial charge < -0.3 is 14.8 Å². The molecule has 4 heteroatoms. The Kier molecular flexibility index (Phi) is 3.37. The van der Waals surface area contributed by atoms with Gasteiger partial charge in [0.25, 0.3) is 5.91 Å². The molecule has 0 saturated carbocycles. The van der Waals surface area contributed by atoms with E-state index < -0.39 is 0 Å². The van der Waals surface area contributed by atoms with Crippen molar-refractivity contribution in [3.63, 3.8) is 0 Å². The lowest BCUT2D eigenvalue weighted by molar-refractivity contribution is 0.0947. The average Bonchev–Trinajstić information content (AvgIpc) is 2.76.